The fraction of sp³-hybridized carbons (Fsp3) is 0.375. The van der Waals surface area contributed by atoms with Gasteiger partial charge in [-0.05, 0) is 6.92 Å². The monoisotopic (exact) mass is 204 g/mol. The summed E-state index contributed by atoms with van der Waals surface area (Å²) in [5, 5.41) is 0.190. The van der Waals surface area contributed by atoms with E-state index in [1.807, 2.05) is 0 Å². The first-order chi connectivity index (χ1) is 6.09. The zero-order chi connectivity index (χ0) is 9.84. The van der Waals surface area contributed by atoms with E-state index in [9.17, 15) is 4.39 Å². The predicted octanol–water partition coefficient (Wildman–Crippen LogP) is 2.05. The lowest BCUT2D eigenvalue weighted by Crippen LogP contribution is -2.09. The number of pyridine rings is 1. The van der Waals surface area contributed by atoms with Gasteiger partial charge in [-0.1, -0.05) is 11.6 Å². The van der Waals surface area contributed by atoms with Gasteiger partial charge >= 0.3 is 0 Å². The molecule has 0 radical (unpaired) electrons. The second kappa shape index (κ2) is 4.28. The SMILES string of the molecule is CC(F)COc1cc(N)cnc1Cl. The van der Waals surface area contributed by atoms with Crippen molar-refractivity contribution < 1.29 is 9.13 Å². The van der Waals surface area contributed by atoms with Crippen LogP contribution in [0.5, 0.6) is 5.75 Å². The number of hydrogen-bond acceptors (Lipinski definition) is 3. The lowest BCUT2D eigenvalue weighted by molar-refractivity contribution is 0.209. The van der Waals surface area contributed by atoms with Crippen molar-refractivity contribution in [2.24, 2.45) is 0 Å². The lowest BCUT2D eigenvalue weighted by atomic mass is 10.4. The van der Waals surface area contributed by atoms with E-state index in [0.717, 1.165) is 0 Å². The Labute approximate surface area is 80.7 Å². The first kappa shape index (κ1) is 10.1. The largest absolute Gasteiger partial charge is 0.487 e. The lowest BCUT2D eigenvalue weighted by Gasteiger charge is -2.07. The number of nitrogen functional groups attached to an aromatic ring is 1. The molecule has 0 bridgehead atoms. The number of hydrogen-bond donors (Lipinski definition) is 1. The van der Waals surface area contributed by atoms with E-state index in [1.165, 1.54) is 19.2 Å². The minimum Gasteiger partial charge on any atom is -0.487 e. The third kappa shape index (κ3) is 3.06. The van der Waals surface area contributed by atoms with E-state index in [0.29, 0.717) is 11.4 Å². The molecule has 5 heteroatoms. The summed E-state index contributed by atoms with van der Waals surface area (Å²) in [4.78, 5) is 3.75. The van der Waals surface area contributed by atoms with Crippen molar-refractivity contribution >= 4 is 17.3 Å². The first-order valence-corrected chi connectivity index (χ1v) is 4.15. The van der Waals surface area contributed by atoms with Gasteiger partial charge in [-0.3, -0.25) is 0 Å². The average Bonchev–Trinajstić information content (AvgIpc) is 2.06. The number of ether oxygens (including phenoxy) is 1. The van der Waals surface area contributed by atoms with Gasteiger partial charge < -0.3 is 10.5 Å². The van der Waals surface area contributed by atoms with Gasteiger partial charge in [0.05, 0.1) is 11.9 Å². The molecule has 1 aromatic rings. The minimum absolute atomic E-state index is 0.0507. The number of aromatic nitrogens is 1. The van der Waals surface area contributed by atoms with Gasteiger partial charge in [-0.25, -0.2) is 9.37 Å². The van der Waals surface area contributed by atoms with E-state index in [2.05, 4.69) is 4.98 Å². The smallest absolute Gasteiger partial charge is 0.171 e. The van der Waals surface area contributed by atoms with Crippen LogP contribution in [0, 0.1) is 0 Å². The molecular weight excluding hydrogens is 195 g/mol. The maximum Gasteiger partial charge on any atom is 0.171 e. The summed E-state index contributed by atoms with van der Waals surface area (Å²) < 4.78 is 17.4. The van der Waals surface area contributed by atoms with Gasteiger partial charge in [0.1, 0.15) is 12.8 Å². The van der Waals surface area contributed by atoms with Crippen LogP contribution in [0.25, 0.3) is 0 Å². The summed E-state index contributed by atoms with van der Waals surface area (Å²) in [6, 6.07) is 1.51. The van der Waals surface area contributed by atoms with Crippen molar-refractivity contribution in [3.8, 4) is 5.75 Å². The Balaban J connectivity index is 2.70. The zero-order valence-corrected chi connectivity index (χ0v) is 7.88. The number of nitrogens with two attached hydrogens (primary N) is 1. The fourth-order valence-corrected chi connectivity index (χ4v) is 0.907. The molecule has 13 heavy (non-hydrogen) atoms. The van der Waals surface area contributed by atoms with Gasteiger partial charge in [0, 0.05) is 6.07 Å². The van der Waals surface area contributed by atoms with Crippen molar-refractivity contribution in [1.82, 2.24) is 4.98 Å². The molecule has 0 aromatic carbocycles. The Kier molecular flexibility index (Phi) is 3.31. The molecule has 1 heterocycles. The van der Waals surface area contributed by atoms with Crippen molar-refractivity contribution in [3.05, 3.63) is 17.4 Å². The summed E-state index contributed by atoms with van der Waals surface area (Å²) in [5.41, 5.74) is 5.88. The highest BCUT2D eigenvalue weighted by Crippen LogP contribution is 2.23. The van der Waals surface area contributed by atoms with Crippen LogP contribution < -0.4 is 10.5 Å². The van der Waals surface area contributed by atoms with Crippen molar-refractivity contribution in [2.75, 3.05) is 12.3 Å². The van der Waals surface area contributed by atoms with Crippen LogP contribution in [0.2, 0.25) is 5.15 Å². The summed E-state index contributed by atoms with van der Waals surface area (Å²) in [6.07, 6.45) is 0.367. The van der Waals surface area contributed by atoms with Gasteiger partial charge in [-0.2, -0.15) is 0 Å². The minimum atomic E-state index is -1.04. The molecule has 0 spiro atoms. The Morgan fingerprint density at radius 2 is 2.46 bits per heavy atom. The summed E-state index contributed by atoms with van der Waals surface area (Å²) in [5.74, 6) is 0.311. The number of rotatable bonds is 3. The van der Waals surface area contributed by atoms with Gasteiger partial charge in [0.25, 0.3) is 0 Å². The molecule has 1 unspecified atom stereocenters. The van der Waals surface area contributed by atoms with Crippen LogP contribution in [0.1, 0.15) is 6.92 Å². The van der Waals surface area contributed by atoms with Gasteiger partial charge in [0.2, 0.25) is 0 Å². The van der Waals surface area contributed by atoms with Crippen LogP contribution in [0.4, 0.5) is 10.1 Å². The summed E-state index contributed by atoms with van der Waals surface area (Å²) in [6.45, 7) is 1.35. The Morgan fingerprint density at radius 1 is 1.77 bits per heavy atom. The maximum absolute atomic E-state index is 12.4. The molecule has 0 saturated heterocycles. The number of halogens is 2. The number of anilines is 1. The Bertz CT molecular complexity index is 293. The van der Waals surface area contributed by atoms with E-state index >= 15 is 0 Å². The Hall–Kier alpha value is -1.03. The molecule has 1 rings (SSSR count). The molecular formula is C8H10ClFN2O. The van der Waals surface area contributed by atoms with E-state index in [1.54, 1.807) is 0 Å². The zero-order valence-electron chi connectivity index (χ0n) is 7.13. The first-order valence-electron chi connectivity index (χ1n) is 3.77. The number of nitrogens with zero attached hydrogens (tertiary/aromatic N) is 1. The highest BCUT2D eigenvalue weighted by molar-refractivity contribution is 6.30. The normalized spacial score (nSPS) is 12.5. The second-order valence-corrected chi connectivity index (χ2v) is 3.01. The van der Waals surface area contributed by atoms with Crippen molar-refractivity contribution in [2.45, 2.75) is 13.1 Å². The highest BCUT2D eigenvalue weighted by atomic mass is 35.5. The second-order valence-electron chi connectivity index (χ2n) is 2.65. The van der Waals surface area contributed by atoms with Crippen molar-refractivity contribution in [3.63, 3.8) is 0 Å². The molecule has 0 fully saturated rings. The molecule has 3 nitrogen and oxygen atoms in total. The van der Waals surface area contributed by atoms with Crippen LogP contribution >= 0.6 is 11.6 Å². The topological polar surface area (TPSA) is 48.1 Å². The molecule has 1 aromatic heterocycles. The van der Waals surface area contributed by atoms with Gasteiger partial charge in [0.15, 0.2) is 10.9 Å². The highest BCUT2D eigenvalue weighted by Gasteiger charge is 2.05. The average molecular weight is 205 g/mol. The van der Waals surface area contributed by atoms with Gasteiger partial charge in [-0.15, -0.1) is 0 Å². The maximum atomic E-state index is 12.4. The predicted molar refractivity (Wildman–Crippen MR) is 49.7 cm³/mol. The summed E-state index contributed by atoms with van der Waals surface area (Å²) in [7, 11) is 0. The molecule has 2 N–H and O–H groups in total. The molecule has 0 aliphatic rings. The van der Waals surface area contributed by atoms with Crippen LogP contribution in [-0.4, -0.2) is 17.8 Å². The third-order valence-electron chi connectivity index (χ3n) is 1.30. The molecule has 72 valence electrons. The van der Waals surface area contributed by atoms with Crippen LogP contribution in [0.3, 0.4) is 0 Å². The van der Waals surface area contributed by atoms with Crippen molar-refractivity contribution in [1.29, 1.82) is 0 Å². The van der Waals surface area contributed by atoms with E-state index in [4.69, 9.17) is 22.1 Å². The fourth-order valence-electron chi connectivity index (χ4n) is 0.749. The van der Waals surface area contributed by atoms with Crippen LogP contribution in [0.15, 0.2) is 12.3 Å². The van der Waals surface area contributed by atoms with Crippen LogP contribution in [-0.2, 0) is 0 Å². The molecule has 0 saturated carbocycles. The standard InChI is InChI=1S/C8H10ClFN2O/c1-5(10)4-13-7-2-6(11)3-12-8(7)9/h2-3,5H,4,11H2,1H3. The number of alkyl halides is 1. The third-order valence-corrected chi connectivity index (χ3v) is 1.58. The molecule has 1 atom stereocenters. The van der Waals surface area contributed by atoms with E-state index < -0.39 is 6.17 Å². The molecule has 0 aliphatic carbocycles. The molecule has 0 aliphatic heterocycles. The summed E-state index contributed by atoms with van der Waals surface area (Å²) >= 11 is 5.67. The quantitative estimate of drug-likeness (QED) is 0.767. The Morgan fingerprint density at radius 3 is 3.08 bits per heavy atom. The molecule has 0 amide bonds. The van der Waals surface area contributed by atoms with E-state index in [-0.39, 0.29) is 11.8 Å².